The predicted octanol–water partition coefficient (Wildman–Crippen LogP) is 4.44. The fourth-order valence-corrected chi connectivity index (χ4v) is 3.31. The predicted molar refractivity (Wildman–Crippen MR) is 97.6 cm³/mol. The summed E-state index contributed by atoms with van der Waals surface area (Å²) in [4.78, 5) is 16.8. The summed E-state index contributed by atoms with van der Waals surface area (Å²) in [6.07, 6.45) is 1.70. The molecule has 144 valence electrons. The summed E-state index contributed by atoms with van der Waals surface area (Å²) in [5.74, 6) is -0.157. The molecule has 2 rings (SSSR count). The summed E-state index contributed by atoms with van der Waals surface area (Å²) in [7, 11) is 0. The average Bonchev–Trinajstić information content (AvgIpc) is 3.10. The number of carbonyl (C=O) groups is 1. The van der Waals surface area contributed by atoms with Crippen molar-refractivity contribution < 1.29 is 18.0 Å². The van der Waals surface area contributed by atoms with Gasteiger partial charge < -0.3 is 9.80 Å². The van der Waals surface area contributed by atoms with Crippen molar-refractivity contribution in [1.82, 2.24) is 9.80 Å². The van der Waals surface area contributed by atoms with Gasteiger partial charge in [-0.1, -0.05) is 19.1 Å². The van der Waals surface area contributed by atoms with Crippen molar-refractivity contribution in [3.05, 3.63) is 41.5 Å². The first-order valence-corrected chi connectivity index (χ1v) is 9.19. The first-order chi connectivity index (χ1) is 12.3. The zero-order valence-corrected chi connectivity index (χ0v) is 15.4. The maximum atomic E-state index is 12.8. The monoisotopic (exact) mass is 368 g/mol. The van der Waals surface area contributed by atoms with E-state index in [-0.39, 0.29) is 11.9 Å². The molecule has 0 spiro atoms. The smallest absolute Gasteiger partial charge is 0.335 e. The van der Waals surface area contributed by atoms with Crippen LogP contribution in [0.1, 0.15) is 44.2 Å². The Morgan fingerprint density at radius 3 is 2.62 bits per heavy atom. The van der Waals surface area contributed by atoms with Crippen LogP contribution in [0.2, 0.25) is 0 Å². The van der Waals surface area contributed by atoms with E-state index in [1.54, 1.807) is 6.07 Å². The highest BCUT2D eigenvalue weighted by Gasteiger charge is 2.30. The van der Waals surface area contributed by atoms with E-state index >= 15 is 0 Å². The second-order valence-electron chi connectivity index (χ2n) is 6.84. The Hall–Kier alpha value is -1.82. The van der Waals surface area contributed by atoms with Crippen LogP contribution in [0, 0.1) is 0 Å². The molecular formula is C20H27F3N2O. The maximum Gasteiger partial charge on any atom is 0.416 e. The lowest BCUT2D eigenvalue weighted by Gasteiger charge is -2.31. The molecule has 1 saturated heterocycles. The van der Waals surface area contributed by atoms with Crippen LogP contribution < -0.4 is 0 Å². The van der Waals surface area contributed by atoms with Crippen molar-refractivity contribution in [2.45, 2.75) is 45.3 Å². The van der Waals surface area contributed by atoms with Crippen LogP contribution in [0.15, 0.2) is 30.3 Å². The molecule has 6 heteroatoms. The highest BCUT2D eigenvalue weighted by atomic mass is 19.4. The van der Waals surface area contributed by atoms with Gasteiger partial charge in [0, 0.05) is 25.2 Å². The molecule has 0 N–H and O–H groups in total. The molecule has 1 atom stereocenters. The van der Waals surface area contributed by atoms with Crippen LogP contribution >= 0.6 is 0 Å². The van der Waals surface area contributed by atoms with E-state index in [1.807, 2.05) is 18.7 Å². The summed E-state index contributed by atoms with van der Waals surface area (Å²) in [6, 6.07) is 5.08. The number of rotatable bonds is 7. The van der Waals surface area contributed by atoms with Crippen molar-refractivity contribution >= 4 is 12.0 Å². The minimum atomic E-state index is -4.38. The van der Waals surface area contributed by atoms with Gasteiger partial charge in [0.15, 0.2) is 0 Å². The molecule has 0 aromatic heterocycles. The van der Waals surface area contributed by atoms with Crippen LogP contribution in [0.4, 0.5) is 13.2 Å². The number of halogens is 3. The van der Waals surface area contributed by atoms with E-state index in [9.17, 15) is 18.0 Å². The fourth-order valence-electron chi connectivity index (χ4n) is 3.31. The van der Waals surface area contributed by atoms with Gasteiger partial charge in [0.1, 0.15) is 0 Å². The molecule has 1 heterocycles. The van der Waals surface area contributed by atoms with Crippen molar-refractivity contribution in [2.75, 3.05) is 26.2 Å². The van der Waals surface area contributed by atoms with Crippen molar-refractivity contribution in [3.63, 3.8) is 0 Å². The van der Waals surface area contributed by atoms with Crippen LogP contribution in [-0.2, 0) is 11.0 Å². The number of hydrogen-bond donors (Lipinski definition) is 0. The lowest BCUT2D eigenvalue weighted by molar-refractivity contribution is -0.137. The van der Waals surface area contributed by atoms with E-state index in [4.69, 9.17) is 0 Å². The molecule has 1 aliphatic rings. The SMILES string of the molecule is CCCN(C(=O)/C=C/c1cccc(C(F)(F)F)c1)C(C)CN1CCCC1. The van der Waals surface area contributed by atoms with Crippen LogP contribution in [0.5, 0.6) is 0 Å². The van der Waals surface area contributed by atoms with Gasteiger partial charge in [-0.3, -0.25) is 4.79 Å². The number of likely N-dealkylation sites (tertiary alicyclic amines) is 1. The number of amides is 1. The third-order valence-corrected chi connectivity index (χ3v) is 4.63. The lowest BCUT2D eigenvalue weighted by Crippen LogP contribution is -2.44. The molecular weight excluding hydrogens is 341 g/mol. The summed E-state index contributed by atoms with van der Waals surface area (Å²) >= 11 is 0. The second kappa shape index (κ2) is 9.21. The van der Waals surface area contributed by atoms with E-state index in [1.165, 1.54) is 31.1 Å². The van der Waals surface area contributed by atoms with Crippen molar-refractivity contribution in [2.24, 2.45) is 0 Å². The molecule has 0 bridgehead atoms. The Bertz CT molecular complexity index is 622. The van der Waals surface area contributed by atoms with Gasteiger partial charge in [-0.2, -0.15) is 13.2 Å². The van der Waals surface area contributed by atoms with E-state index in [0.717, 1.165) is 38.2 Å². The molecule has 0 saturated carbocycles. The second-order valence-corrected chi connectivity index (χ2v) is 6.84. The lowest BCUT2D eigenvalue weighted by atomic mass is 10.1. The third-order valence-electron chi connectivity index (χ3n) is 4.63. The first kappa shape index (κ1) is 20.5. The largest absolute Gasteiger partial charge is 0.416 e. The molecule has 0 radical (unpaired) electrons. The van der Waals surface area contributed by atoms with E-state index < -0.39 is 11.7 Å². The number of carbonyl (C=O) groups excluding carboxylic acids is 1. The minimum Gasteiger partial charge on any atom is -0.335 e. The minimum absolute atomic E-state index is 0.0757. The molecule has 1 aromatic carbocycles. The highest BCUT2D eigenvalue weighted by Crippen LogP contribution is 2.29. The molecule has 1 fully saturated rings. The zero-order valence-electron chi connectivity index (χ0n) is 15.4. The van der Waals surface area contributed by atoms with Gasteiger partial charge in [-0.25, -0.2) is 0 Å². The zero-order chi connectivity index (χ0) is 19.2. The van der Waals surface area contributed by atoms with Gasteiger partial charge in [-0.05, 0) is 63.0 Å². The van der Waals surface area contributed by atoms with Gasteiger partial charge in [0.2, 0.25) is 5.91 Å². The Kier molecular flexibility index (Phi) is 7.26. The molecule has 0 aliphatic carbocycles. The Labute approximate surface area is 153 Å². The Balaban J connectivity index is 2.05. The number of nitrogens with zero attached hydrogens (tertiary/aromatic N) is 2. The fraction of sp³-hybridized carbons (Fsp3) is 0.550. The van der Waals surface area contributed by atoms with Gasteiger partial charge in [-0.15, -0.1) is 0 Å². The molecule has 3 nitrogen and oxygen atoms in total. The highest BCUT2D eigenvalue weighted by molar-refractivity contribution is 5.92. The summed E-state index contributed by atoms with van der Waals surface area (Å²) in [5.41, 5.74) is -0.336. The standard InChI is InChI=1S/C20H27F3N2O/c1-3-11-25(16(2)15-24-12-4-5-13-24)19(26)10-9-17-7-6-8-18(14-17)20(21,22)23/h6-10,14,16H,3-5,11-13,15H2,1-2H3/b10-9+. The number of hydrogen-bond acceptors (Lipinski definition) is 2. The van der Waals surface area contributed by atoms with Crippen molar-refractivity contribution in [1.29, 1.82) is 0 Å². The molecule has 1 amide bonds. The number of alkyl halides is 3. The van der Waals surface area contributed by atoms with E-state index in [2.05, 4.69) is 4.90 Å². The molecule has 1 unspecified atom stereocenters. The average molecular weight is 368 g/mol. The number of benzene rings is 1. The normalized spacial score (nSPS) is 17.0. The maximum absolute atomic E-state index is 12.8. The third kappa shape index (κ3) is 5.87. The van der Waals surface area contributed by atoms with Gasteiger partial charge in [0.25, 0.3) is 0 Å². The summed E-state index contributed by atoms with van der Waals surface area (Å²) in [6.45, 7) is 7.66. The first-order valence-electron chi connectivity index (χ1n) is 9.19. The summed E-state index contributed by atoms with van der Waals surface area (Å²) < 4.78 is 38.4. The van der Waals surface area contributed by atoms with E-state index in [0.29, 0.717) is 12.1 Å². The van der Waals surface area contributed by atoms with Crippen LogP contribution in [0.25, 0.3) is 6.08 Å². The van der Waals surface area contributed by atoms with Crippen molar-refractivity contribution in [3.8, 4) is 0 Å². The quantitative estimate of drug-likeness (QED) is 0.664. The van der Waals surface area contributed by atoms with Gasteiger partial charge in [0.05, 0.1) is 5.56 Å². The van der Waals surface area contributed by atoms with Crippen LogP contribution in [-0.4, -0.2) is 47.9 Å². The Morgan fingerprint density at radius 1 is 1.31 bits per heavy atom. The summed E-state index contributed by atoms with van der Waals surface area (Å²) in [5, 5.41) is 0. The molecule has 1 aromatic rings. The molecule has 26 heavy (non-hydrogen) atoms. The van der Waals surface area contributed by atoms with Crippen LogP contribution in [0.3, 0.4) is 0 Å². The Morgan fingerprint density at radius 2 is 2.00 bits per heavy atom. The van der Waals surface area contributed by atoms with Gasteiger partial charge >= 0.3 is 6.18 Å². The topological polar surface area (TPSA) is 23.6 Å². The molecule has 1 aliphatic heterocycles.